The molecule has 3 rings (SSSR count). The van der Waals surface area contributed by atoms with Crippen LogP contribution in [0.5, 0.6) is 0 Å². The number of rotatable bonds is 4. The molecule has 1 atom stereocenters. The SMILES string of the molecule is O=C(N[C@H](c1cccs1)C1CCCC1)c1ccncc1. The van der Waals surface area contributed by atoms with E-state index in [0.29, 0.717) is 11.5 Å². The average molecular weight is 286 g/mol. The summed E-state index contributed by atoms with van der Waals surface area (Å²) < 4.78 is 0. The molecule has 0 saturated heterocycles. The lowest BCUT2D eigenvalue weighted by atomic mass is 9.96. The van der Waals surface area contributed by atoms with E-state index in [1.54, 1.807) is 35.9 Å². The first-order chi connectivity index (χ1) is 9.84. The van der Waals surface area contributed by atoms with Crippen LogP contribution in [0.25, 0.3) is 0 Å². The van der Waals surface area contributed by atoms with Gasteiger partial charge in [-0.15, -0.1) is 11.3 Å². The molecule has 3 nitrogen and oxygen atoms in total. The maximum absolute atomic E-state index is 12.4. The summed E-state index contributed by atoms with van der Waals surface area (Å²) >= 11 is 1.73. The van der Waals surface area contributed by atoms with Gasteiger partial charge in [-0.2, -0.15) is 0 Å². The Labute approximate surface area is 123 Å². The molecule has 4 heteroatoms. The van der Waals surface area contributed by atoms with E-state index in [9.17, 15) is 4.79 Å². The highest BCUT2D eigenvalue weighted by Crippen LogP contribution is 2.37. The van der Waals surface area contributed by atoms with E-state index in [0.717, 1.165) is 0 Å². The summed E-state index contributed by atoms with van der Waals surface area (Å²) in [6.07, 6.45) is 8.28. The van der Waals surface area contributed by atoms with Crippen molar-refractivity contribution in [3.8, 4) is 0 Å². The molecule has 104 valence electrons. The van der Waals surface area contributed by atoms with Crippen LogP contribution in [0.4, 0.5) is 0 Å². The fourth-order valence-electron chi connectivity index (χ4n) is 2.91. The smallest absolute Gasteiger partial charge is 0.251 e. The van der Waals surface area contributed by atoms with Crippen LogP contribution in [0.3, 0.4) is 0 Å². The molecule has 0 radical (unpaired) electrons. The molecule has 0 unspecified atom stereocenters. The first-order valence-electron chi connectivity index (χ1n) is 7.09. The van der Waals surface area contributed by atoms with Crippen LogP contribution in [0.1, 0.15) is 47.0 Å². The van der Waals surface area contributed by atoms with Gasteiger partial charge < -0.3 is 5.32 Å². The van der Waals surface area contributed by atoms with Crippen molar-refractivity contribution in [1.82, 2.24) is 10.3 Å². The molecule has 2 heterocycles. The lowest BCUT2D eigenvalue weighted by Gasteiger charge is -2.23. The number of thiophene rings is 1. The Hall–Kier alpha value is -1.68. The maximum atomic E-state index is 12.4. The normalized spacial score (nSPS) is 17.0. The number of aromatic nitrogens is 1. The highest BCUT2D eigenvalue weighted by atomic mass is 32.1. The minimum absolute atomic E-state index is 0.00213. The van der Waals surface area contributed by atoms with Gasteiger partial charge in [0.1, 0.15) is 0 Å². The molecule has 0 aliphatic heterocycles. The third-order valence-electron chi connectivity index (χ3n) is 3.95. The summed E-state index contributed by atoms with van der Waals surface area (Å²) in [6, 6.07) is 7.85. The molecule has 0 spiro atoms. The van der Waals surface area contributed by atoms with Crippen LogP contribution in [0, 0.1) is 5.92 Å². The zero-order valence-corrected chi connectivity index (χ0v) is 12.1. The summed E-state index contributed by atoms with van der Waals surface area (Å²) in [6.45, 7) is 0. The van der Waals surface area contributed by atoms with E-state index in [1.807, 2.05) is 0 Å². The van der Waals surface area contributed by atoms with E-state index in [4.69, 9.17) is 0 Å². The molecule has 0 aromatic carbocycles. The summed E-state index contributed by atoms with van der Waals surface area (Å²) in [5.74, 6) is 0.567. The van der Waals surface area contributed by atoms with Crippen LogP contribution < -0.4 is 5.32 Å². The van der Waals surface area contributed by atoms with E-state index in [-0.39, 0.29) is 11.9 Å². The molecule has 1 saturated carbocycles. The van der Waals surface area contributed by atoms with Gasteiger partial charge >= 0.3 is 0 Å². The Kier molecular flexibility index (Phi) is 4.11. The topological polar surface area (TPSA) is 42.0 Å². The van der Waals surface area contributed by atoms with Crippen molar-refractivity contribution >= 4 is 17.2 Å². The Bertz CT molecular complexity index is 547. The van der Waals surface area contributed by atoms with Gasteiger partial charge in [-0.1, -0.05) is 18.9 Å². The van der Waals surface area contributed by atoms with Gasteiger partial charge in [-0.05, 0) is 42.3 Å². The van der Waals surface area contributed by atoms with Gasteiger partial charge in [0.15, 0.2) is 0 Å². The number of nitrogens with zero attached hydrogens (tertiary/aromatic N) is 1. The van der Waals surface area contributed by atoms with Crippen molar-refractivity contribution in [2.75, 3.05) is 0 Å². The molecule has 0 bridgehead atoms. The van der Waals surface area contributed by atoms with Crippen molar-refractivity contribution in [3.63, 3.8) is 0 Å². The largest absolute Gasteiger partial charge is 0.344 e. The molecule has 1 N–H and O–H groups in total. The third kappa shape index (κ3) is 2.90. The fourth-order valence-corrected chi connectivity index (χ4v) is 3.78. The molecule has 1 amide bonds. The molecule has 1 aliphatic rings. The summed E-state index contributed by atoms with van der Waals surface area (Å²) in [4.78, 5) is 17.6. The second-order valence-electron chi connectivity index (χ2n) is 5.25. The van der Waals surface area contributed by atoms with E-state index in [1.165, 1.54) is 30.6 Å². The van der Waals surface area contributed by atoms with Gasteiger partial charge in [0.05, 0.1) is 6.04 Å². The van der Waals surface area contributed by atoms with Gasteiger partial charge in [-0.3, -0.25) is 9.78 Å². The van der Waals surface area contributed by atoms with Crippen LogP contribution in [0.15, 0.2) is 42.0 Å². The number of amides is 1. The van der Waals surface area contributed by atoms with Crippen LogP contribution in [-0.4, -0.2) is 10.9 Å². The highest BCUT2D eigenvalue weighted by molar-refractivity contribution is 7.10. The first-order valence-corrected chi connectivity index (χ1v) is 7.97. The van der Waals surface area contributed by atoms with Gasteiger partial charge in [-0.25, -0.2) is 0 Å². The van der Waals surface area contributed by atoms with Gasteiger partial charge in [0.2, 0.25) is 0 Å². The Morgan fingerprint density at radius 2 is 2.00 bits per heavy atom. The fraction of sp³-hybridized carbons (Fsp3) is 0.375. The van der Waals surface area contributed by atoms with Crippen LogP contribution >= 0.6 is 11.3 Å². The second kappa shape index (κ2) is 6.18. The zero-order chi connectivity index (χ0) is 13.8. The van der Waals surface area contributed by atoms with Crippen molar-refractivity contribution in [2.24, 2.45) is 5.92 Å². The molecule has 20 heavy (non-hydrogen) atoms. The summed E-state index contributed by atoms with van der Waals surface area (Å²) in [5, 5.41) is 5.30. The quantitative estimate of drug-likeness (QED) is 0.928. The summed E-state index contributed by atoms with van der Waals surface area (Å²) in [5.41, 5.74) is 0.680. The minimum Gasteiger partial charge on any atom is -0.344 e. The lowest BCUT2D eigenvalue weighted by Crippen LogP contribution is -2.32. The molecule has 1 fully saturated rings. The number of hydrogen-bond donors (Lipinski definition) is 1. The predicted octanol–water partition coefficient (Wildman–Crippen LogP) is 3.80. The predicted molar refractivity (Wildman–Crippen MR) is 80.7 cm³/mol. The Balaban J connectivity index is 1.78. The summed E-state index contributed by atoms with van der Waals surface area (Å²) in [7, 11) is 0. The molecule has 1 aliphatic carbocycles. The molecular weight excluding hydrogens is 268 g/mol. The molecule has 2 aromatic rings. The van der Waals surface area contributed by atoms with Crippen molar-refractivity contribution < 1.29 is 4.79 Å². The third-order valence-corrected chi connectivity index (χ3v) is 4.91. The average Bonchev–Trinajstić information content (AvgIpc) is 3.19. The number of carbonyl (C=O) groups excluding carboxylic acids is 1. The number of nitrogens with one attached hydrogen (secondary N) is 1. The van der Waals surface area contributed by atoms with E-state index < -0.39 is 0 Å². The maximum Gasteiger partial charge on any atom is 0.251 e. The molecular formula is C16H18N2OS. The molecule has 2 aromatic heterocycles. The van der Waals surface area contributed by atoms with Crippen LogP contribution in [0.2, 0.25) is 0 Å². The van der Waals surface area contributed by atoms with Gasteiger partial charge in [0.25, 0.3) is 5.91 Å². The number of pyridine rings is 1. The van der Waals surface area contributed by atoms with Crippen molar-refractivity contribution in [3.05, 3.63) is 52.5 Å². The monoisotopic (exact) mass is 286 g/mol. The minimum atomic E-state index is -0.00213. The first kappa shape index (κ1) is 13.3. The van der Waals surface area contributed by atoms with Gasteiger partial charge in [0, 0.05) is 22.8 Å². The second-order valence-corrected chi connectivity index (χ2v) is 6.23. The van der Waals surface area contributed by atoms with E-state index >= 15 is 0 Å². The van der Waals surface area contributed by atoms with Crippen molar-refractivity contribution in [1.29, 1.82) is 0 Å². The Morgan fingerprint density at radius 3 is 2.65 bits per heavy atom. The van der Waals surface area contributed by atoms with Crippen molar-refractivity contribution in [2.45, 2.75) is 31.7 Å². The lowest BCUT2D eigenvalue weighted by molar-refractivity contribution is 0.0922. The standard InChI is InChI=1S/C16H18N2OS/c19-16(13-7-9-17-10-8-13)18-15(12-4-1-2-5-12)14-6-3-11-20-14/h3,6-12,15H,1-2,4-5H2,(H,18,19)/t15-/m0/s1. The number of hydrogen-bond acceptors (Lipinski definition) is 3. The Morgan fingerprint density at radius 1 is 1.25 bits per heavy atom. The zero-order valence-electron chi connectivity index (χ0n) is 11.3. The number of carbonyl (C=O) groups is 1. The van der Waals surface area contributed by atoms with E-state index in [2.05, 4.69) is 27.8 Å². The van der Waals surface area contributed by atoms with Crippen LogP contribution in [-0.2, 0) is 0 Å². The highest BCUT2D eigenvalue weighted by Gasteiger charge is 2.28.